The van der Waals surface area contributed by atoms with Gasteiger partial charge in [-0.3, -0.25) is 4.90 Å². The molecule has 0 bridgehead atoms. The molecule has 0 radical (unpaired) electrons. The molecule has 122 valence electrons. The van der Waals surface area contributed by atoms with Crippen molar-refractivity contribution in [2.24, 2.45) is 0 Å². The fourth-order valence-corrected chi connectivity index (χ4v) is 4.45. The molecule has 2 aromatic carbocycles. The SMILES string of the molecule is CCCN(C1CCc2cccc(Br)c2C1)[C@@H](C)c1ccccc1. The Labute approximate surface area is 148 Å². The van der Waals surface area contributed by atoms with Gasteiger partial charge in [-0.2, -0.15) is 0 Å². The number of fused-ring (bicyclic) bond motifs is 1. The van der Waals surface area contributed by atoms with Gasteiger partial charge < -0.3 is 0 Å². The predicted octanol–water partition coefficient (Wildman–Crippen LogP) is 5.78. The highest BCUT2D eigenvalue weighted by molar-refractivity contribution is 9.10. The number of nitrogens with zero attached hydrogens (tertiary/aromatic N) is 1. The van der Waals surface area contributed by atoms with Gasteiger partial charge in [0.05, 0.1) is 0 Å². The lowest BCUT2D eigenvalue weighted by molar-refractivity contribution is 0.130. The van der Waals surface area contributed by atoms with Crippen molar-refractivity contribution < 1.29 is 0 Å². The van der Waals surface area contributed by atoms with Crippen LogP contribution >= 0.6 is 15.9 Å². The number of halogens is 1. The standard InChI is InChI=1S/C21H26BrN/c1-3-14-23(16(2)17-8-5-4-6-9-17)19-13-12-18-10-7-11-21(22)20(18)15-19/h4-11,16,19H,3,12-15H2,1-2H3/t16-,19?/m0/s1. The van der Waals surface area contributed by atoms with Crippen LogP contribution in [0.4, 0.5) is 0 Å². The lowest BCUT2D eigenvalue weighted by Gasteiger charge is -2.39. The van der Waals surface area contributed by atoms with Crippen molar-refractivity contribution in [3.63, 3.8) is 0 Å². The normalized spacial score (nSPS) is 18.7. The number of rotatable bonds is 5. The summed E-state index contributed by atoms with van der Waals surface area (Å²) >= 11 is 3.76. The molecule has 3 rings (SSSR count). The quantitative estimate of drug-likeness (QED) is 0.643. The first kappa shape index (κ1) is 16.7. The average molecular weight is 372 g/mol. The van der Waals surface area contributed by atoms with Gasteiger partial charge in [0.1, 0.15) is 0 Å². The third-order valence-electron chi connectivity index (χ3n) is 5.13. The van der Waals surface area contributed by atoms with Gasteiger partial charge in [0, 0.05) is 16.6 Å². The zero-order valence-corrected chi connectivity index (χ0v) is 15.7. The maximum absolute atomic E-state index is 3.76. The second kappa shape index (κ2) is 7.63. The second-order valence-electron chi connectivity index (χ2n) is 6.60. The molecule has 0 N–H and O–H groups in total. The van der Waals surface area contributed by atoms with Crippen molar-refractivity contribution >= 4 is 15.9 Å². The minimum Gasteiger partial charge on any atom is -0.293 e. The lowest BCUT2D eigenvalue weighted by atomic mass is 9.86. The minimum atomic E-state index is 0.477. The molecule has 23 heavy (non-hydrogen) atoms. The van der Waals surface area contributed by atoms with Crippen molar-refractivity contribution in [1.82, 2.24) is 4.90 Å². The molecule has 1 nitrogen and oxygen atoms in total. The van der Waals surface area contributed by atoms with E-state index in [1.165, 1.54) is 47.0 Å². The highest BCUT2D eigenvalue weighted by Crippen LogP contribution is 2.33. The summed E-state index contributed by atoms with van der Waals surface area (Å²) in [5.74, 6) is 0. The third kappa shape index (κ3) is 3.70. The highest BCUT2D eigenvalue weighted by Gasteiger charge is 2.28. The maximum atomic E-state index is 3.76. The Kier molecular flexibility index (Phi) is 5.55. The first-order valence-corrected chi connectivity index (χ1v) is 9.57. The molecule has 0 saturated heterocycles. The van der Waals surface area contributed by atoms with Gasteiger partial charge in [0.15, 0.2) is 0 Å². The summed E-state index contributed by atoms with van der Waals surface area (Å²) in [6.45, 7) is 5.82. The van der Waals surface area contributed by atoms with E-state index >= 15 is 0 Å². The zero-order chi connectivity index (χ0) is 16.2. The molecule has 2 atom stereocenters. The third-order valence-corrected chi connectivity index (χ3v) is 5.88. The summed E-state index contributed by atoms with van der Waals surface area (Å²) in [6.07, 6.45) is 4.83. The van der Waals surface area contributed by atoms with Crippen LogP contribution in [0.1, 0.15) is 49.4 Å². The first-order chi connectivity index (χ1) is 11.2. The Bertz CT molecular complexity index is 638. The molecule has 0 saturated carbocycles. The number of hydrogen-bond acceptors (Lipinski definition) is 1. The molecule has 0 aliphatic heterocycles. The van der Waals surface area contributed by atoms with E-state index in [2.05, 4.69) is 83.2 Å². The van der Waals surface area contributed by atoms with E-state index in [0.29, 0.717) is 12.1 Å². The van der Waals surface area contributed by atoms with Gasteiger partial charge in [-0.05, 0) is 61.9 Å². The van der Waals surface area contributed by atoms with Crippen LogP contribution in [0.2, 0.25) is 0 Å². The summed E-state index contributed by atoms with van der Waals surface area (Å²) in [4.78, 5) is 2.72. The lowest BCUT2D eigenvalue weighted by Crippen LogP contribution is -2.41. The Morgan fingerprint density at radius 1 is 1.13 bits per heavy atom. The molecular formula is C21H26BrN. The van der Waals surface area contributed by atoms with Crippen LogP contribution < -0.4 is 0 Å². The van der Waals surface area contributed by atoms with Crippen LogP contribution in [0.25, 0.3) is 0 Å². The molecule has 0 spiro atoms. The van der Waals surface area contributed by atoms with Crippen LogP contribution in [-0.2, 0) is 12.8 Å². The molecule has 1 unspecified atom stereocenters. The van der Waals surface area contributed by atoms with Gasteiger partial charge in [0.25, 0.3) is 0 Å². The molecule has 0 amide bonds. The van der Waals surface area contributed by atoms with Crippen molar-refractivity contribution in [3.8, 4) is 0 Å². The molecule has 2 aromatic rings. The average Bonchev–Trinajstić information content (AvgIpc) is 2.60. The fraction of sp³-hybridized carbons (Fsp3) is 0.429. The van der Waals surface area contributed by atoms with Gasteiger partial charge in [0.2, 0.25) is 0 Å². The molecule has 0 heterocycles. The smallest absolute Gasteiger partial charge is 0.0322 e. The molecular weight excluding hydrogens is 346 g/mol. The molecule has 1 aliphatic rings. The van der Waals surface area contributed by atoms with Crippen molar-refractivity contribution in [1.29, 1.82) is 0 Å². The van der Waals surface area contributed by atoms with Crippen molar-refractivity contribution in [2.75, 3.05) is 6.54 Å². The molecule has 1 aliphatic carbocycles. The topological polar surface area (TPSA) is 3.24 Å². The second-order valence-corrected chi connectivity index (χ2v) is 7.45. The van der Waals surface area contributed by atoms with Crippen LogP contribution in [0.3, 0.4) is 0 Å². The molecule has 0 aromatic heterocycles. The van der Waals surface area contributed by atoms with Crippen LogP contribution in [0, 0.1) is 0 Å². The number of hydrogen-bond donors (Lipinski definition) is 0. The predicted molar refractivity (Wildman–Crippen MR) is 102 cm³/mol. The van der Waals surface area contributed by atoms with E-state index in [1.54, 1.807) is 0 Å². The van der Waals surface area contributed by atoms with Crippen molar-refractivity contribution in [3.05, 3.63) is 69.7 Å². The van der Waals surface area contributed by atoms with E-state index in [1.807, 2.05) is 0 Å². The monoisotopic (exact) mass is 371 g/mol. The number of benzene rings is 2. The Balaban J connectivity index is 1.83. The van der Waals surface area contributed by atoms with Gasteiger partial charge in [-0.15, -0.1) is 0 Å². The summed E-state index contributed by atoms with van der Waals surface area (Å²) < 4.78 is 1.28. The summed E-state index contributed by atoms with van der Waals surface area (Å²) in [5.41, 5.74) is 4.48. The zero-order valence-electron chi connectivity index (χ0n) is 14.1. The Hall–Kier alpha value is -1.12. The first-order valence-electron chi connectivity index (χ1n) is 8.77. The largest absolute Gasteiger partial charge is 0.293 e. The van der Waals surface area contributed by atoms with Crippen LogP contribution in [0.15, 0.2) is 53.0 Å². The van der Waals surface area contributed by atoms with Gasteiger partial charge in [-0.25, -0.2) is 0 Å². The Morgan fingerprint density at radius 3 is 2.65 bits per heavy atom. The minimum absolute atomic E-state index is 0.477. The summed E-state index contributed by atoms with van der Waals surface area (Å²) in [7, 11) is 0. The van der Waals surface area contributed by atoms with E-state index in [9.17, 15) is 0 Å². The number of aryl methyl sites for hydroxylation is 1. The van der Waals surface area contributed by atoms with E-state index in [0.717, 1.165) is 6.42 Å². The molecule has 2 heteroatoms. The van der Waals surface area contributed by atoms with E-state index in [-0.39, 0.29) is 0 Å². The van der Waals surface area contributed by atoms with E-state index in [4.69, 9.17) is 0 Å². The maximum Gasteiger partial charge on any atom is 0.0322 e. The summed E-state index contributed by atoms with van der Waals surface area (Å²) in [6, 6.07) is 18.7. The molecule has 0 fully saturated rings. The van der Waals surface area contributed by atoms with E-state index < -0.39 is 0 Å². The highest BCUT2D eigenvalue weighted by atomic mass is 79.9. The Morgan fingerprint density at radius 2 is 1.91 bits per heavy atom. The van der Waals surface area contributed by atoms with Gasteiger partial charge >= 0.3 is 0 Å². The van der Waals surface area contributed by atoms with Crippen molar-refractivity contribution in [2.45, 2.75) is 51.6 Å². The fourth-order valence-electron chi connectivity index (χ4n) is 3.88. The van der Waals surface area contributed by atoms with Crippen LogP contribution in [-0.4, -0.2) is 17.5 Å². The van der Waals surface area contributed by atoms with Crippen LogP contribution in [0.5, 0.6) is 0 Å². The summed E-state index contributed by atoms with van der Waals surface area (Å²) in [5, 5.41) is 0. The van der Waals surface area contributed by atoms with Gasteiger partial charge in [-0.1, -0.05) is 65.3 Å².